The van der Waals surface area contributed by atoms with E-state index in [4.69, 9.17) is 34.7 Å². The maximum Gasteiger partial charge on any atom is 0.430 e. The van der Waals surface area contributed by atoms with E-state index in [1.807, 2.05) is 12.1 Å². The Labute approximate surface area is 320 Å². The number of hydrogen-bond acceptors (Lipinski definition) is 16. The van der Waals surface area contributed by atoms with Gasteiger partial charge in [0.15, 0.2) is 10.8 Å². The van der Waals surface area contributed by atoms with Crippen molar-refractivity contribution in [2.75, 3.05) is 44.8 Å². The molecular formula is C31H37F3N8O12S2. The molecule has 2 amide bonds. The zero-order valence-corrected chi connectivity index (χ0v) is 31.6. The summed E-state index contributed by atoms with van der Waals surface area (Å²) in [5, 5.41) is 30.8. The fourth-order valence-corrected chi connectivity index (χ4v) is 6.35. The first-order chi connectivity index (χ1) is 25.9. The number of oxime groups is 1. The number of rotatable bonds is 13. The highest BCUT2D eigenvalue weighted by molar-refractivity contribution is 7.80. The van der Waals surface area contributed by atoms with Crippen molar-refractivity contribution in [3.8, 4) is 5.75 Å². The molecule has 0 spiro atoms. The van der Waals surface area contributed by atoms with Crippen molar-refractivity contribution in [3.63, 3.8) is 0 Å². The fourth-order valence-electron chi connectivity index (χ4n) is 5.35. The number of piperidine rings is 1. The molecule has 56 heavy (non-hydrogen) atoms. The number of aromatic nitrogens is 2. The Morgan fingerprint density at radius 2 is 1.82 bits per heavy atom. The third kappa shape index (κ3) is 11.3. The second-order valence-corrected chi connectivity index (χ2v) is 15.5. The summed E-state index contributed by atoms with van der Waals surface area (Å²) in [5.74, 6) is -5.35. The first kappa shape index (κ1) is 43.4. The van der Waals surface area contributed by atoms with E-state index in [-0.39, 0.29) is 10.8 Å². The van der Waals surface area contributed by atoms with E-state index >= 15 is 0 Å². The van der Waals surface area contributed by atoms with Crippen molar-refractivity contribution in [2.45, 2.75) is 56.6 Å². The predicted molar refractivity (Wildman–Crippen MR) is 188 cm³/mol. The SMILES string of the molecule is CC1(C)[C@H](NC(=O)/C(=N\OC(COc2ccc3nc(NC4CC[N+](C)(C)CC4)ccc3c2)C(=O)O)c2csc(N)n2)C(=O)N1OS(=O)(=O)O.O=C([O-])C(F)(F)F. The number of likely N-dealkylation sites (tertiary alicyclic amines) is 1. The summed E-state index contributed by atoms with van der Waals surface area (Å²) >= 11 is 0.964. The number of ether oxygens (including phenoxy) is 1. The van der Waals surface area contributed by atoms with Crippen molar-refractivity contribution >= 4 is 73.1 Å². The van der Waals surface area contributed by atoms with Gasteiger partial charge in [0.2, 0.25) is 0 Å². The summed E-state index contributed by atoms with van der Waals surface area (Å²) in [5.41, 5.74) is 4.41. The number of carboxylic acids is 2. The van der Waals surface area contributed by atoms with Gasteiger partial charge in [-0.1, -0.05) is 5.16 Å². The minimum absolute atomic E-state index is 0.0624. The number of nitrogens with one attached hydrogen (secondary N) is 2. The fraction of sp³-hybridized carbons (Fsp3) is 0.452. The van der Waals surface area contributed by atoms with Gasteiger partial charge in [-0.25, -0.2) is 14.8 Å². The smallest absolute Gasteiger partial charge is 0.430 e. The molecule has 2 atom stereocenters. The third-order valence-electron chi connectivity index (χ3n) is 8.46. The number of halogens is 3. The van der Waals surface area contributed by atoms with Gasteiger partial charge >= 0.3 is 22.5 Å². The summed E-state index contributed by atoms with van der Waals surface area (Å²) in [6.45, 7) is 4.41. The van der Waals surface area contributed by atoms with Gasteiger partial charge in [0, 0.05) is 29.6 Å². The molecule has 20 nitrogen and oxygen atoms in total. The van der Waals surface area contributed by atoms with E-state index in [0.717, 1.165) is 58.5 Å². The Hall–Kier alpha value is -5.37. The lowest BCUT2D eigenvalue weighted by Gasteiger charge is -2.50. The van der Waals surface area contributed by atoms with Gasteiger partial charge in [-0.2, -0.15) is 26.7 Å². The number of thiazole rings is 1. The monoisotopic (exact) mass is 834 g/mol. The third-order valence-corrected chi connectivity index (χ3v) is 9.47. The van der Waals surface area contributed by atoms with Crippen molar-refractivity contribution < 1.29 is 73.9 Å². The number of nitrogens with two attached hydrogens (primary N) is 1. The lowest BCUT2D eigenvalue weighted by molar-refractivity contribution is -0.895. The number of β-lactam (4-membered cyclic amide) rings is 1. The van der Waals surface area contributed by atoms with Crippen LogP contribution >= 0.6 is 11.3 Å². The number of quaternary nitrogens is 1. The number of aliphatic carboxylic acids is 2. The number of pyridine rings is 1. The Morgan fingerprint density at radius 3 is 2.36 bits per heavy atom. The van der Waals surface area contributed by atoms with Gasteiger partial charge in [0.05, 0.1) is 38.2 Å². The molecule has 2 aliphatic rings. The lowest BCUT2D eigenvalue weighted by Crippen LogP contribution is -2.76. The molecule has 3 aromatic rings. The number of fused-ring (bicyclic) bond motifs is 1. The van der Waals surface area contributed by atoms with Crippen LogP contribution in [0.4, 0.5) is 24.1 Å². The second-order valence-electron chi connectivity index (χ2n) is 13.6. The molecule has 0 bridgehead atoms. The first-order valence-corrected chi connectivity index (χ1v) is 18.5. The van der Waals surface area contributed by atoms with Crippen LogP contribution in [0.15, 0.2) is 40.9 Å². The number of carboxylic acid groups (broad SMARTS) is 2. The van der Waals surface area contributed by atoms with Gasteiger partial charge in [-0.05, 0) is 44.2 Å². The van der Waals surface area contributed by atoms with Crippen LogP contribution < -0.4 is 26.2 Å². The van der Waals surface area contributed by atoms with Crippen LogP contribution in [0, 0.1) is 0 Å². The molecule has 2 aliphatic heterocycles. The zero-order valence-electron chi connectivity index (χ0n) is 30.0. The van der Waals surface area contributed by atoms with Crippen LogP contribution in [0.1, 0.15) is 32.4 Å². The lowest BCUT2D eigenvalue weighted by atomic mass is 9.84. The maximum atomic E-state index is 13.3. The number of carbonyl (C=O) groups is 4. The molecule has 2 aromatic heterocycles. The summed E-state index contributed by atoms with van der Waals surface area (Å²) in [6, 6.07) is 7.90. The standard InChI is InChI=1S/C29H36N8O10S2.C2HF3O2/c1-29(2)24(26(39)36(29)47-49(42,43)44)34-25(38)23(20-15-48-28(30)33-20)35-46-21(27(40)41)14-45-18-6-7-19-16(13-18)5-8-22(32-19)31-17-9-11-37(3,4)12-10-17;3-2(4,5)1(6)7/h5-8,13,15,17,21,24H,9-12,14H2,1-4H3,(H5-,30,31,32,33,34,38,40,41,42,43,44);(H,6,7)/b35-23-;/t21?,24-;/m1./s1. The maximum absolute atomic E-state index is 13.3. The Morgan fingerprint density at radius 1 is 1.18 bits per heavy atom. The average Bonchev–Trinajstić information content (AvgIpc) is 3.53. The number of benzene rings is 1. The van der Waals surface area contributed by atoms with Crippen LogP contribution in [0.25, 0.3) is 10.9 Å². The van der Waals surface area contributed by atoms with Crippen molar-refractivity contribution in [2.24, 2.45) is 5.16 Å². The number of hydrogen-bond donors (Lipinski definition) is 5. The molecule has 306 valence electrons. The van der Waals surface area contributed by atoms with Gasteiger partial charge in [-0.3, -0.25) is 14.1 Å². The normalized spacial score (nSPS) is 18.9. The van der Waals surface area contributed by atoms with Crippen LogP contribution in [-0.2, 0) is 38.7 Å². The second kappa shape index (κ2) is 16.8. The van der Waals surface area contributed by atoms with E-state index in [9.17, 15) is 41.1 Å². The molecule has 0 radical (unpaired) electrons. The highest BCUT2D eigenvalue weighted by Crippen LogP contribution is 2.33. The molecule has 2 saturated heterocycles. The molecule has 0 aliphatic carbocycles. The first-order valence-electron chi connectivity index (χ1n) is 16.3. The number of nitrogen functional groups attached to an aromatic ring is 1. The van der Waals surface area contributed by atoms with E-state index in [0.29, 0.717) is 16.9 Å². The minimum atomic E-state index is -5.19. The number of hydroxylamine groups is 2. The molecule has 25 heteroatoms. The van der Waals surface area contributed by atoms with E-state index in [2.05, 4.69) is 39.2 Å². The number of anilines is 2. The van der Waals surface area contributed by atoms with Gasteiger partial charge in [0.1, 0.15) is 35.9 Å². The number of alkyl halides is 3. The van der Waals surface area contributed by atoms with Gasteiger partial charge in [0.25, 0.3) is 17.9 Å². The van der Waals surface area contributed by atoms with Crippen molar-refractivity contribution in [1.29, 1.82) is 0 Å². The van der Waals surface area contributed by atoms with Crippen LogP contribution in [0.2, 0.25) is 0 Å². The highest BCUT2D eigenvalue weighted by Gasteiger charge is 2.58. The largest absolute Gasteiger partial charge is 0.542 e. The van der Waals surface area contributed by atoms with Crippen LogP contribution in [-0.4, -0.2) is 131 Å². The topological polar surface area (TPSA) is 285 Å². The summed E-state index contributed by atoms with van der Waals surface area (Å²) in [6.07, 6.45) is -4.78. The molecule has 0 saturated carbocycles. The zero-order chi connectivity index (χ0) is 41.8. The summed E-state index contributed by atoms with van der Waals surface area (Å²) < 4.78 is 73.7. The Balaban J connectivity index is 0.000000908. The molecule has 2 fully saturated rings. The van der Waals surface area contributed by atoms with Crippen molar-refractivity contribution in [1.82, 2.24) is 20.3 Å². The van der Waals surface area contributed by atoms with Crippen molar-refractivity contribution in [3.05, 3.63) is 41.4 Å². The number of nitrogens with zero attached hydrogens (tertiary/aromatic N) is 5. The highest BCUT2D eigenvalue weighted by atomic mass is 32.3. The molecule has 1 aromatic carbocycles. The quantitative estimate of drug-likeness (QED) is 0.0509. The van der Waals surface area contributed by atoms with Gasteiger partial charge < -0.3 is 45.4 Å². The Kier molecular flexibility index (Phi) is 13.0. The molecular weight excluding hydrogens is 798 g/mol. The number of carbonyl (C=O) groups excluding carboxylic acids is 3. The van der Waals surface area contributed by atoms with E-state index in [1.165, 1.54) is 19.2 Å². The molecule has 6 N–H and O–H groups in total. The molecule has 4 heterocycles. The summed E-state index contributed by atoms with van der Waals surface area (Å²) in [7, 11) is -0.565. The average molecular weight is 835 g/mol. The van der Waals surface area contributed by atoms with Gasteiger partial charge in [-0.15, -0.1) is 15.6 Å². The van der Waals surface area contributed by atoms with Crippen LogP contribution in [0.5, 0.6) is 5.75 Å². The molecule has 1 unspecified atom stereocenters. The number of amides is 2. The predicted octanol–water partition coefficient (Wildman–Crippen LogP) is 0.316. The van der Waals surface area contributed by atoms with Crippen LogP contribution in [0.3, 0.4) is 0 Å². The van der Waals surface area contributed by atoms with E-state index in [1.54, 1.807) is 18.2 Å². The Bertz CT molecular complexity index is 2100. The molecule has 5 rings (SSSR count). The van der Waals surface area contributed by atoms with E-state index < -0.39 is 70.3 Å². The summed E-state index contributed by atoms with van der Waals surface area (Å²) in [4.78, 5) is 60.6. The minimum Gasteiger partial charge on any atom is -0.542 e.